The summed E-state index contributed by atoms with van der Waals surface area (Å²) < 4.78 is 5.11. The first-order valence-corrected chi connectivity index (χ1v) is 7.38. The van der Waals surface area contributed by atoms with Gasteiger partial charge in [0.2, 0.25) is 5.78 Å². The Hall–Kier alpha value is -3.39. The van der Waals surface area contributed by atoms with E-state index in [0.717, 1.165) is 16.6 Å². The molecule has 3 aromatic rings. The number of aromatic nitrogens is 1. The summed E-state index contributed by atoms with van der Waals surface area (Å²) in [4.78, 5) is 27.6. The van der Waals surface area contributed by atoms with Crippen LogP contribution in [0.2, 0.25) is 0 Å². The molecular weight excluding hydrogens is 304 g/mol. The maximum Gasteiger partial charge on any atom is 0.338 e. The van der Waals surface area contributed by atoms with Crippen LogP contribution in [0.1, 0.15) is 32.0 Å². The van der Waals surface area contributed by atoms with Gasteiger partial charge in [-0.25, -0.2) is 4.79 Å². The molecule has 0 saturated heterocycles. The summed E-state index contributed by atoms with van der Waals surface area (Å²) in [7, 11) is 0. The van der Waals surface area contributed by atoms with Crippen molar-refractivity contribution >= 4 is 22.7 Å². The molecule has 0 aliphatic heterocycles. The Morgan fingerprint density at radius 2 is 1.83 bits per heavy atom. The monoisotopic (exact) mass is 318 g/mol. The van der Waals surface area contributed by atoms with E-state index in [1.807, 2.05) is 37.3 Å². The molecule has 0 spiro atoms. The third-order valence-corrected chi connectivity index (χ3v) is 3.76. The first kappa shape index (κ1) is 15.5. The number of para-hydroxylation sites is 1. The number of nitrogens with zero attached hydrogens (tertiary/aromatic N) is 1. The Balaban J connectivity index is 1.73. The molecule has 0 unspecified atom stereocenters. The Labute approximate surface area is 138 Å². The van der Waals surface area contributed by atoms with E-state index in [1.54, 1.807) is 0 Å². The van der Waals surface area contributed by atoms with Gasteiger partial charge in [0.05, 0.1) is 17.2 Å². The number of carbonyl (C=O) groups is 2. The molecule has 0 atom stereocenters. The first-order chi connectivity index (χ1) is 11.6. The van der Waals surface area contributed by atoms with Gasteiger partial charge in [0.25, 0.3) is 0 Å². The number of nitriles is 1. The molecule has 1 heterocycles. The summed E-state index contributed by atoms with van der Waals surface area (Å²) in [5, 5.41) is 9.56. The van der Waals surface area contributed by atoms with Gasteiger partial charge >= 0.3 is 5.97 Å². The van der Waals surface area contributed by atoms with Crippen LogP contribution in [0, 0.1) is 18.3 Å². The van der Waals surface area contributed by atoms with Crippen molar-refractivity contribution in [2.45, 2.75) is 6.92 Å². The number of aryl methyl sites for hydroxylation is 1. The summed E-state index contributed by atoms with van der Waals surface area (Å²) in [6.45, 7) is 1.48. The second-order valence-electron chi connectivity index (χ2n) is 5.36. The summed E-state index contributed by atoms with van der Waals surface area (Å²) in [6, 6.07) is 15.5. The summed E-state index contributed by atoms with van der Waals surface area (Å²) in [5.41, 5.74) is 2.92. The highest BCUT2D eigenvalue weighted by molar-refractivity contribution is 6.10. The fourth-order valence-corrected chi connectivity index (χ4v) is 2.60. The van der Waals surface area contributed by atoms with Crippen LogP contribution in [0.3, 0.4) is 0 Å². The van der Waals surface area contributed by atoms with E-state index >= 15 is 0 Å². The summed E-state index contributed by atoms with van der Waals surface area (Å²) in [5.74, 6) is -0.850. The van der Waals surface area contributed by atoms with E-state index in [4.69, 9.17) is 10.00 Å². The van der Waals surface area contributed by atoms with Crippen LogP contribution in [0.4, 0.5) is 0 Å². The van der Waals surface area contributed by atoms with Gasteiger partial charge in [-0.15, -0.1) is 0 Å². The Morgan fingerprint density at radius 1 is 1.12 bits per heavy atom. The molecule has 118 valence electrons. The number of carbonyl (C=O) groups excluding carboxylic acids is 2. The number of fused-ring (bicyclic) bond motifs is 1. The van der Waals surface area contributed by atoms with E-state index in [9.17, 15) is 9.59 Å². The van der Waals surface area contributed by atoms with Crippen LogP contribution in [-0.2, 0) is 4.74 Å². The molecule has 2 aromatic carbocycles. The molecule has 1 aromatic heterocycles. The normalized spacial score (nSPS) is 10.3. The smallest absolute Gasteiger partial charge is 0.338 e. The van der Waals surface area contributed by atoms with Crippen LogP contribution in [0.25, 0.3) is 10.9 Å². The average Bonchev–Trinajstić information content (AvgIpc) is 2.95. The second-order valence-corrected chi connectivity index (χ2v) is 5.36. The molecule has 5 nitrogen and oxygen atoms in total. The van der Waals surface area contributed by atoms with Gasteiger partial charge in [0.1, 0.15) is 0 Å². The lowest BCUT2D eigenvalue weighted by molar-refractivity contribution is 0.0475. The fourth-order valence-electron chi connectivity index (χ4n) is 2.60. The molecular formula is C19H14N2O3. The highest BCUT2D eigenvalue weighted by atomic mass is 16.5. The van der Waals surface area contributed by atoms with Gasteiger partial charge in [0, 0.05) is 22.2 Å². The van der Waals surface area contributed by atoms with Crippen LogP contribution in [-0.4, -0.2) is 23.3 Å². The lowest BCUT2D eigenvalue weighted by Crippen LogP contribution is -2.14. The van der Waals surface area contributed by atoms with Crippen molar-refractivity contribution in [1.29, 1.82) is 5.26 Å². The second kappa shape index (κ2) is 6.39. The Bertz CT molecular complexity index is 962. The van der Waals surface area contributed by atoms with Crippen molar-refractivity contribution in [3.63, 3.8) is 0 Å². The number of Topliss-reactive ketones (excluding diaryl/α,β-unsaturated/α-hetero) is 1. The number of aromatic amines is 1. The number of hydrogen-bond acceptors (Lipinski definition) is 4. The van der Waals surface area contributed by atoms with Crippen molar-refractivity contribution in [2.24, 2.45) is 0 Å². The van der Waals surface area contributed by atoms with Gasteiger partial charge in [-0.1, -0.05) is 18.2 Å². The largest absolute Gasteiger partial charge is 0.454 e. The van der Waals surface area contributed by atoms with Crippen LogP contribution < -0.4 is 0 Å². The van der Waals surface area contributed by atoms with Crippen molar-refractivity contribution in [1.82, 2.24) is 4.98 Å². The maximum absolute atomic E-state index is 12.4. The zero-order valence-electron chi connectivity index (χ0n) is 13.0. The fraction of sp³-hybridized carbons (Fsp3) is 0.105. The average molecular weight is 318 g/mol. The van der Waals surface area contributed by atoms with Crippen LogP contribution in [0.5, 0.6) is 0 Å². The molecule has 24 heavy (non-hydrogen) atoms. The Morgan fingerprint density at radius 3 is 2.54 bits per heavy atom. The maximum atomic E-state index is 12.4. The van der Waals surface area contributed by atoms with E-state index in [0.29, 0.717) is 16.7 Å². The predicted molar refractivity (Wildman–Crippen MR) is 88.8 cm³/mol. The SMILES string of the molecule is Cc1[nH]c2ccccc2c1C(=O)COC(=O)c1ccc(C#N)cc1. The van der Waals surface area contributed by atoms with Crippen molar-refractivity contribution < 1.29 is 14.3 Å². The highest BCUT2D eigenvalue weighted by Crippen LogP contribution is 2.22. The number of benzene rings is 2. The molecule has 0 amide bonds. The minimum absolute atomic E-state index is 0.257. The molecule has 0 radical (unpaired) electrons. The molecule has 0 saturated carbocycles. The predicted octanol–water partition coefficient (Wildman–Crippen LogP) is 3.39. The third kappa shape index (κ3) is 2.90. The van der Waals surface area contributed by atoms with Gasteiger partial charge in [-0.2, -0.15) is 5.26 Å². The van der Waals surface area contributed by atoms with Crippen molar-refractivity contribution in [2.75, 3.05) is 6.61 Å². The number of ketones is 1. The zero-order chi connectivity index (χ0) is 17.1. The topological polar surface area (TPSA) is 83.0 Å². The number of ether oxygens (including phenoxy) is 1. The molecule has 0 aliphatic carbocycles. The molecule has 0 bridgehead atoms. The molecule has 3 rings (SSSR count). The number of rotatable bonds is 4. The third-order valence-electron chi connectivity index (χ3n) is 3.76. The van der Waals surface area contributed by atoms with Gasteiger partial charge < -0.3 is 9.72 Å². The van der Waals surface area contributed by atoms with E-state index in [2.05, 4.69) is 4.98 Å². The van der Waals surface area contributed by atoms with Gasteiger partial charge in [-0.3, -0.25) is 4.79 Å². The number of hydrogen-bond donors (Lipinski definition) is 1. The quantitative estimate of drug-likeness (QED) is 0.590. The Kier molecular flexibility index (Phi) is 4.13. The molecule has 0 fully saturated rings. The van der Waals surface area contributed by atoms with E-state index < -0.39 is 5.97 Å². The van der Waals surface area contributed by atoms with Crippen molar-refractivity contribution in [3.05, 3.63) is 70.9 Å². The summed E-state index contributed by atoms with van der Waals surface area (Å²) >= 11 is 0. The lowest BCUT2D eigenvalue weighted by atomic mass is 10.1. The minimum atomic E-state index is -0.592. The number of H-pyrrole nitrogens is 1. The zero-order valence-corrected chi connectivity index (χ0v) is 13.0. The standard InChI is InChI=1S/C19H14N2O3/c1-12-18(15-4-2-3-5-16(15)21-12)17(22)11-24-19(23)14-8-6-13(10-20)7-9-14/h2-9,21H,11H2,1H3. The lowest BCUT2D eigenvalue weighted by Gasteiger charge is -2.05. The summed E-state index contributed by atoms with van der Waals surface area (Å²) in [6.07, 6.45) is 0. The molecule has 5 heteroatoms. The van der Waals surface area contributed by atoms with E-state index in [-0.39, 0.29) is 12.4 Å². The molecule has 1 N–H and O–H groups in total. The van der Waals surface area contributed by atoms with Gasteiger partial charge in [0.15, 0.2) is 6.61 Å². The highest BCUT2D eigenvalue weighted by Gasteiger charge is 2.18. The minimum Gasteiger partial charge on any atom is -0.454 e. The molecule has 0 aliphatic rings. The van der Waals surface area contributed by atoms with Crippen LogP contribution >= 0.6 is 0 Å². The first-order valence-electron chi connectivity index (χ1n) is 7.38. The van der Waals surface area contributed by atoms with E-state index in [1.165, 1.54) is 24.3 Å². The number of nitrogens with one attached hydrogen (secondary N) is 1. The number of esters is 1. The van der Waals surface area contributed by atoms with Crippen molar-refractivity contribution in [3.8, 4) is 6.07 Å². The van der Waals surface area contributed by atoms with Crippen LogP contribution in [0.15, 0.2) is 48.5 Å². The van der Waals surface area contributed by atoms with Gasteiger partial charge in [-0.05, 0) is 37.3 Å².